The molecule has 0 saturated heterocycles. The second kappa shape index (κ2) is 6.80. The minimum Gasteiger partial charge on any atom is -0.858 e. The zero-order valence-corrected chi connectivity index (χ0v) is 15.0. The third kappa shape index (κ3) is 3.88. The van der Waals surface area contributed by atoms with Crippen LogP contribution in [0.4, 0.5) is 18.9 Å². The summed E-state index contributed by atoms with van der Waals surface area (Å²) in [5.74, 6) is -0.732. The summed E-state index contributed by atoms with van der Waals surface area (Å²) >= 11 is 5.66. The number of hydrogen-bond acceptors (Lipinski definition) is 4. The predicted molar refractivity (Wildman–Crippen MR) is 66.1 cm³/mol. The standard InChI is InChI=1S/C12H9ClF3N3O.K/c1-5-9(17)8(13)11(20)19-10(5)6-2-3-7(18-4-6)12(14,15)16;/h2-4H,1H3,(H3,17,19,20);/q;+1/p-1. The topological polar surface area (TPSA) is 74.9 Å². The van der Waals surface area contributed by atoms with E-state index in [-0.39, 0.29) is 73.4 Å². The third-order valence-corrected chi connectivity index (χ3v) is 3.09. The van der Waals surface area contributed by atoms with Crippen molar-refractivity contribution in [1.82, 2.24) is 9.97 Å². The largest absolute Gasteiger partial charge is 1.00 e. The van der Waals surface area contributed by atoms with Crippen LogP contribution in [0, 0.1) is 6.92 Å². The molecule has 2 rings (SSSR count). The van der Waals surface area contributed by atoms with Crippen molar-refractivity contribution in [2.75, 3.05) is 5.73 Å². The number of alkyl halides is 3. The molecule has 0 unspecified atom stereocenters. The molecule has 2 aromatic heterocycles. The average molecular weight is 342 g/mol. The number of anilines is 1. The van der Waals surface area contributed by atoms with Gasteiger partial charge in [0, 0.05) is 17.6 Å². The van der Waals surface area contributed by atoms with Crippen molar-refractivity contribution in [3.05, 3.63) is 34.6 Å². The SMILES string of the molecule is Cc1c(-c2ccc(C(F)(F)F)nc2)nc([O-])c(Cl)c1N.[K+]. The minimum atomic E-state index is -4.52. The average Bonchev–Trinajstić information content (AvgIpc) is 2.40. The summed E-state index contributed by atoms with van der Waals surface area (Å²) in [6.45, 7) is 1.57. The number of halogens is 4. The van der Waals surface area contributed by atoms with Gasteiger partial charge in [-0.05, 0) is 24.6 Å². The molecule has 0 aromatic carbocycles. The Bertz CT molecular complexity index is 662. The molecule has 0 aliphatic carbocycles. The first-order valence-electron chi connectivity index (χ1n) is 5.38. The van der Waals surface area contributed by atoms with Gasteiger partial charge in [-0.15, -0.1) is 0 Å². The molecule has 0 saturated carbocycles. The van der Waals surface area contributed by atoms with E-state index in [9.17, 15) is 18.3 Å². The number of hydrogen-bond donors (Lipinski definition) is 1. The van der Waals surface area contributed by atoms with Crippen molar-refractivity contribution in [2.24, 2.45) is 0 Å². The molecule has 2 heterocycles. The molecule has 0 amide bonds. The van der Waals surface area contributed by atoms with Crippen LogP contribution in [-0.4, -0.2) is 9.97 Å². The summed E-state index contributed by atoms with van der Waals surface area (Å²) in [7, 11) is 0. The number of pyridine rings is 2. The fraction of sp³-hybridized carbons (Fsp3) is 0.167. The fourth-order valence-corrected chi connectivity index (χ4v) is 1.81. The molecular weight excluding hydrogens is 334 g/mol. The summed E-state index contributed by atoms with van der Waals surface area (Å²) in [6.07, 6.45) is -3.53. The molecule has 0 atom stereocenters. The quantitative estimate of drug-likeness (QED) is 0.728. The second-order valence-corrected chi connectivity index (χ2v) is 4.43. The van der Waals surface area contributed by atoms with Gasteiger partial charge in [-0.3, -0.25) is 9.97 Å². The van der Waals surface area contributed by atoms with Crippen molar-refractivity contribution >= 4 is 17.3 Å². The molecular formula is C12H8ClF3KN3O. The Kier molecular flexibility index (Phi) is 6.04. The van der Waals surface area contributed by atoms with E-state index in [1.54, 1.807) is 6.92 Å². The number of nitrogens with zero attached hydrogens (tertiary/aromatic N) is 2. The number of nitrogen functional groups attached to an aromatic ring is 1. The van der Waals surface area contributed by atoms with Gasteiger partial charge in [0.25, 0.3) is 0 Å². The van der Waals surface area contributed by atoms with Gasteiger partial charge in [-0.25, -0.2) is 0 Å². The monoisotopic (exact) mass is 341 g/mol. The van der Waals surface area contributed by atoms with E-state index < -0.39 is 17.8 Å². The van der Waals surface area contributed by atoms with Gasteiger partial charge in [0.2, 0.25) is 0 Å². The third-order valence-electron chi connectivity index (χ3n) is 2.72. The van der Waals surface area contributed by atoms with E-state index >= 15 is 0 Å². The molecule has 0 radical (unpaired) electrons. The van der Waals surface area contributed by atoms with Crippen molar-refractivity contribution < 1.29 is 69.7 Å². The smallest absolute Gasteiger partial charge is 0.858 e. The van der Waals surface area contributed by atoms with Crippen LogP contribution in [0.1, 0.15) is 11.3 Å². The van der Waals surface area contributed by atoms with Gasteiger partial charge in [-0.1, -0.05) is 11.6 Å². The first-order chi connectivity index (χ1) is 9.21. The van der Waals surface area contributed by atoms with Gasteiger partial charge in [-0.2, -0.15) is 13.2 Å². The van der Waals surface area contributed by atoms with Crippen molar-refractivity contribution in [3.63, 3.8) is 0 Å². The van der Waals surface area contributed by atoms with Crippen LogP contribution < -0.4 is 62.2 Å². The molecule has 2 N–H and O–H groups in total. The van der Waals surface area contributed by atoms with E-state index in [0.29, 0.717) is 5.56 Å². The molecule has 2 aromatic rings. The minimum absolute atomic E-state index is 0. The van der Waals surface area contributed by atoms with Crippen LogP contribution >= 0.6 is 11.6 Å². The van der Waals surface area contributed by atoms with Gasteiger partial charge in [0.05, 0.1) is 16.4 Å². The van der Waals surface area contributed by atoms with Crippen LogP contribution in [-0.2, 0) is 6.18 Å². The van der Waals surface area contributed by atoms with Gasteiger partial charge >= 0.3 is 57.6 Å². The molecule has 9 heteroatoms. The summed E-state index contributed by atoms with van der Waals surface area (Å²) in [5.41, 5.74) is 5.52. The number of rotatable bonds is 1. The van der Waals surface area contributed by atoms with E-state index in [1.165, 1.54) is 6.07 Å². The zero-order valence-electron chi connectivity index (χ0n) is 11.1. The first kappa shape index (κ1) is 18.7. The Balaban J connectivity index is 0.00000220. The van der Waals surface area contributed by atoms with E-state index in [1.807, 2.05) is 0 Å². The molecule has 0 aliphatic heterocycles. The van der Waals surface area contributed by atoms with Crippen LogP contribution in [0.5, 0.6) is 5.88 Å². The van der Waals surface area contributed by atoms with E-state index in [2.05, 4.69) is 9.97 Å². The Labute approximate surface area is 166 Å². The van der Waals surface area contributed by atoms with Crippen LogP contribution in [0.15, 0.2) is 18.3 Å². The van der Waals surface area contributed by atoms with Gasteiger partial charge < -0.3 is 10.8 Å². The number of nitrogens with two attached hydrogens (primary N) is 1. The van der Waals surface area contributed by atoms with Crippen LogP contribution in [0.3, 0.4) is 0 Å². The normalized spacial score (nSPS) is 11.1. The predicted octanol–water partition coefficient (Wildman–Crippen LogP) is -0.216. The summed E-state index contributed by atoms with van der Waals surface area (Å²) in [6, 6.07) is 1.99. The summed E-state index contributed by atoms with van der Waals surface area (Å²) < 4.78 is 37.3. The Morgan fingerprint density at radius 2 is 1.90 bits per heavy atom. The molecule has 21 heavy (non-hydrogen) atoms. The molecule has 106 valence electrons. The van der Waals surface area contributed by atoms with Crippen LogP contribution in [0.2, 0.25) is 5.02 Å². The van der Waals surface area contributed by atoms with E-state index in [0.717, 1.165) is 12.3 Å². The fourth-order valence-electron chi connectivity index (χ4n) is 1.62. The molecule has 4 nitrogen and oxygen atoms in total. The zero-order chi connectivity index (χ0) is 15.1. The second-order valence-electron chi connectivity index (χ2n) is 4.05. The maximum atomic E-state index is 12.4. The summed E-state index contributed by atoms with van der Waals surface area (Å²) in [5, 5.41) is 11.3. The van der Waals surface area contributed by atoms with Gasteiger partial charge in [0.1, 0.15) is 5.69 Å². The maximum Gasteiger partial charge on any atom is 1.00 e. The van der Waals surface area contributed by atoms with Gasteiger partial charge in [0.15, 0.2) is 0 Å². The first-order valence-corrected chi connectivity index (χ1v) is 5.76. The molecule has 0 fully saturated rings. The van der Waals surface area contributed by atoms with Crippen molar-refractivity contribution in [1.29, 1.82) is 0 Å². The Hall–Kier alpha value is -0.384. The Morgan fingerprint density at radius 1 is 1.29 bits per heavy atom. The molecule has 0 aliphatic rings. The van der Waals surface area contributed by atoms with Crippen molar-refractivity contribution in [2.45, 2.75) is 13.1 Å². The van der Waals surface area contributed by atoms with Crippen LogP contribution in [0.25, 0.3) is 11.3 Å². The maximum absolute atomic E-state index is 12.4. The van der Waals surface area contributed by atoms with E-state index in [4.69, 9.17) is 17.3 Å². The Morgan fingerprint density at radius 3 is 2.38 bits per heavy atom. The number of aromatic nitrogens is 2. The molecule has 0 spiro atoms. The molecule has 0 bridgehead atoms. The van der Waals surface area contributed by atoms with Crippen molar-refractivity contribution in [3.8, 4) is 17.1 Å². The summed E-state index contributed by atoms with van der Waals surface area (Å²) in [4.78, 5) is 7.01.